The Balaban J connectivity index is 1.59. The van der Waals surface area contributed by atoms with E-state index in [-0.39, 0.29) is 34.6 Å². The molecule has 5 nitrogen and oxygen atoms in total. The fourth-order valence-electron chi connectivity index (χ4n) is 6.73. The van der Waals surface area contributed by atoms with Crippen LogP contribution < -0.4 is 5.32 Å². The molecule has 5 heteroatoms. The van der Waals surface area contributed by atoms with Crippen molar-refractivity contribution in [3.63, 3.8) is 0 Å². The molecule has 170 valence electrons. The Morgan fingerprint density at radius 3 is 2.42 bits per heavy atom. The maximum absolute atomic E-state index is 13.1. The Morgan fingerprint density at radius 2 is 1.74 bits per heavy atom. The first kappa shape index (κ1) is 22.3. The van der Waals surface area contributed by atoms with Gasteiger partial charge in [0.15, 0.2) is 0 Å². The van der Waals surface area contributed by atoms with Gasteiger partial charge >= 0.3 is 0 Å². The summed E-state index contributed by atoms with van der Waals surface area (Å²) in [5.41, 5.74) is -0.154. The van der Waals surface area contributed by atoms with Crippen LogP contribution in [0.4, 0.5) is 0 Å². The molecule has 0 spiro atoms. The highest BCUT2D eigenvalue weighted by Crippen LogP contribution is 2.63. The van der Waals surface area contributed by atoms with Gasteiger partial charge < -0.3 is 15.3 Å². The minimum atomic E-state index is -0.678. The molecule has 0 aromatic heterocycles. The third-order valence-corrected chi connectivity index (χ3v) is 8.44. The summed E-state index contributed by atoms with van der Waals surface area (Å²) >= 11 is 0. The molecular weight excluding hydrogens is 388 g/mol. The molecule has 4 rings (SSSR count). The Kier molecular flexibility index (Phi) is 5.93. The zero-order valence-electron chi connectivity index (χ0n) is 19.3. The minimum Gasteiger partial charge on any atom is -0.390 e. The van der Waals surface area contributed by atoms with E-state index in [0.29, 0.717) is 12.0 Å². The zero-order valence-corrected chi connectivity index (χ0v) is 19.3. The maximum atomic E-state index is 13.1. The average Bonchev–Trinajstić information content (AvgIpc) is 3.33. The smallest absolute Gasteiger partial charge is 0.251 e. The van der Waals surface area contributed by atoms with Gasteiger partial charge in [-0.05, 0) is 80.8 Å². The first-order valence-corrected chi connectivity index (χ1v) is 12.0. The molecular formula is C26H38N2O3. The molecule has 1 aromatic rings. The van der Waals surface area contributed by atoms with Gasteiger partial charge in [0.25, 0.3) is 5.91 Å². The van der Waals surface area contributed by atoms with Crippen LogP contribution in [0.15, 0.2) is 30.3 Å². The molecule has 2 aliphatic carbocycles. The second-order valence-corrected chi connectivity index (χ2v) is 11.2. The number of fused-ring (bicyclic) bond motifs is 1. The number of nitrogens with one attached hydrogen (secondary N) is 1. The molecule has 2 amide bonds. The van der Waals surface area contributed by atoms with Crippen molar-refractivity contribution in [2.75, 3.05) is 13.1 Å². The molecule has 2 saturated carbocycles. The monoisotopic (exact) mass is 426 g/mol. The number of rotatable bonds is 5. The molecule has 4 unspecified atom stereocenters. The number of nitrogens with zero attached hydrogens (tertiary/aromatic N) is 1. The molecule has 0 radical (unpaired) electrons. The molecule has 1 heterocycles. The number of amides is 2. The number of carbonyl (C=O) groups excluding carboxylic acids is 2. The first-order valence-electron chi connectivity index (χ1n) is 12.0. The van der Waals surface area contributed by atoms with Crippen LogP contribution in [0.3, 0.4) is 0 Å². The fourth-order valence-corrected chi connectivity index (χ4v) is 6.73. The highest BCUT2D eigenvalue weighted by molar-refractivity contribution is 5.94. The molecule has 1 aliphatic heterocycles. The number of benzene rings is 1. The van der Waals surface area contributed by atoms with Gasteiger partial charge in [0.1, 0.15) is 0 Å². The van der Waals surface area contributed by atoms with Crippen molar-refractivity contribution in [2.24, 2.45) is 16.7 Å². The molecule has 1 saturated heterocycles. The van der Waals surface area contributed by atoms with Crippen molar-refractivity contribution in [1.29, 1.82) is 0 Å². The lowest BCUT2D eigenvalue weighted by atomic mass is 9.57. The van der Waals surface area contributed by atoms with E-state index in [1.54, 1.807) is 0 Å². The zero-order chi connectivity index (χ0) is 22.3. The topological polar surface area (TPSA) is 69.6 Å². The molecule has 2 N–H and O–H groups in total. The second kappa shape index (κ2) is 8.23. The van der Waals surface area contributed by atoms with Crippen molar-refractivity contribution < 1.29 is 14.7 Å². The van der Waals surface area contributed by atoms with Crippen LogP contribution in [-0.2, 0) is 4.79 Å². The SMILES string of the molecule is CC1(O)CCC2(CCC(=O)N3CCCC3)C(NC(=O)c3ccccc3)CC(C)(C)C2C1. The van der Waals surface area contributed by atoms with E-state index < -0.39 is 5.60 Å². The molecule has 3 aliphatic rings. The van der Waals surface area contributed by atoms with Crippen molar-refractivity contribution >= 4 is 11.8 Å². The summed E-state index contributed by atoms with van der Waals surface area (Å²) in [4.78, 5) is 28.0. The number of likely N-dealkylation sites (tertiary alicyclic amines) is 1. The summed E-state index contributed by atoms with van der Waals surface area (Å²) in [5.74, 6) is 0.488. The highest BCUT2D eigenvalue weighted by Gasteiger charge is 2.61. The van der Waals surface area contributed by atoms with Gasteiger partial charge in [0.2, 0.25) is 5.91 Å². The van der Waals surface area contributed by atoms with Crippen molar-refractivity contribution in [1.82, 2.24) is 10.2 Å². The number of hydrogen-bond acceptors (Lipinski definition) is 3. The van der Waals surface area contributed by atoms with Crippen LogP contribution >= 0.6 is 0 Å². The van der Waals surface area contributed by atoms with Crippen LogP contribution in [0.2, 0.25) is 0 Å². The van der Waals surface area contributed by atoms with Crippen LogP contribution in [0.5, 0.6) is 0 Å². The van der Waals surface area contributed by atoms with E-state index in [1.807, 2.05) is 42.2 Å². The predicted octanol–water partition coefficient (Wildman–Crippen LogP) is 4.16. The van der Waals surface area contributed by atoms with E-state index in [4.69, 9.17) is 0 Å². The van der Waals surface area contributed by atoms with Crippen LogP contribution in [-0.4, -0.2) is 46.6 Å². The lowest BCUT2D eigenvalue weighted by molar-refractivity contribution is -0.132. The molecule has 1 aromatic carbocycles. The minimum absolute atomic E-state index is 0.00423. The standard InChI is InChI=1S/C26H38N2O3/c1-24(2)18-21(27-23(30)19-9-5-4-6-10-19)26(14-13-25(3,31)17-20(24)26)12-11-22(29)28-15-7-8-16-28/h4-6,9-10,20-21,31H,7-8,11-18H2,1-3H3,(H,27,30). The molecule has 0 bridgehead atoms. The first-order chi connectivity index (χ1) is 14.6. The summed E-state index contributed by atoms with van der Waals surface area (Å²) in [7, 11) is 0. The summed E-state index contributed by atoms with van der Waals surface area (Å²) in [6.45, 7) is 8.24. The van der Waals surface area contributed by atoms with Gasteiger partial charge in [-0.15, -0.1) is 0 Å². The summed E-state index contributed by atoms with van der Waals surface area (Å²) in [6, 6.07) is 9.41. The normalized spacial score (nSPS) is 34.4. The van der Waals surface area contributed by atoms with Crippen molar-refractivity contribution in [3.8, 4) is 0 Å². The van der Waals surface area contributed by atoms with E-state index in [2.05, 4.69) is 19.2 Å². The van der Waals surface area contributed by atoms with E-state index in [9.17, 15) is 14.7 Å². The Hall–Kier alpha value is -1.88. The molecule has 4 atom stereocenters. The average molecular weight is 427 g/mol. The second-order valence-electron chi connectivity index (χ2n) is 11.2. The quantitative estimate of drug-likeness (QED) is 0.743. The third-order valence-electron chi connectivity index (χ3n) is 8.44. The fraction of sp³-hybridized carbons (Fsp3) is 0.692. The summed E-state index contributed by atoms with van der Waals surface area (Å²) in [5, 5.41) is 14.3. The molecule has 31 heavy (non-hydrogen) atoms. The van der Waals surface area contributed by atoms with Gasteiger partial charge in [-0.2, -0.15) is 0 Å². The van der Waals surface area contributed by atoms with Gasteiger partial charge in [-0.25, -0.2) is 0 Å². The van der Waals surface area contributed by atoms with E-state index in [1.165, 1.54) is 0 Å². The van der Waals surface area contributed by atoms with Gasteiger partial charge in [-0.3, -0.25) is 9.59 Å². The number of carbonyl (C=O) groups is 2. The van der Waals surface area contributed by atoms with Crippen LogP contribution in [0.25, 0.3) is 0 Å². The lowest BCUT2D eigenvalue weighted by Crippen LogP contribution is -2.52. The predicted molar refractivity (Wildman–Crippen MR) is 122 cm³/mol. The highest BCUT2D eigenvalue weighted by atomic mass is 16.3. The van der Waals surface area contributed by atoms with Crippen LogP contribution in [0, 0.1) is 16.7 Å². The summed E-state index contributed by atoms with van der Waals surface area (Å²) < 4.78 is 0. The Morgan fingerprint density at radius 1 is 1.06 bits per heavy atom. The molecule has 3 fully saturated rings. The van der Waals surface area contributed by atoms with Crippen molar-refractivity contribution in [3.05, 3.63) is 35.9 Å². The lowest BCUT2D eigenvalue weighted by Gasteiger charge is -2.51. The largest absolute Gasteiger partial charge is 0.390 e. The van der Waals surface area contributed by atoms with Gasteiger partial charge in [-0.1, -0.05) is 32.0 Å². The third kappa shape index (κ3) is 4.39. The van der Waals surface area contributed by atoms with Gasteiger partial charge in [0, 0.05) is 31.1 Å². The maximum Gasteiger partial charge on any atom is 0.251 e. The Labute approximate surface area is 186 Å². The van der Waals surface area contributed by atoms with E-state index in [0.717, 1.165) is 58.0 Å². The van der Waals surface area contributed by atoms with Crippen LogP contribution in [0.1, 0.15) is 82.5 Å². The summed E-state index contributed by atoms with van der Waals surface area (Å²) in [6.07, 6.45) is 6.70. The number of hydrogen-bond donors (Lipinski definition) is 2. The Bertz CT molecular complexity index is 813. The number of aliphatic hydroxyl groups is 1. The van der Waals surface area contributed by atoms with E-state index >= 15 is 0 Å². The van der Waals surface area contributed by atoms with Crippen molar-refractivity contribution in [2.45, 2.75) is 83.8 Å². The van der Waals surface area contributed by atoms with Gasteiger partial charge in [0.05, 0.1) is 5.60 Å².